The summed E-state index contributed by atoms with van der Waals surface area (Å²) in [6, 6.07) is 13.7. The maximum Gasteiger partial charge on any atom is 0.128 e. The lowest BCUT2D eigenvalue weighted by Crippen LogP contribution is -1.94. The Labute approximate surface area is 91.0 Å². The molecule has 0 aliphatic heterocycles. The Morgan fingerprint density at radius 2 is 1.86 bits per heavy atom. The van der Waals surface area contributed by atoms with Gasteiger partial charge in [0.05, 0.1) is 10.3 Å². The van der Waals surface area contributed by atoms with Gasteiger partial charge in [-0.1, -0.05) is 18.2 Å². The number of halogens is 1. The Kier molecular flexibility index (Phi) is 2.89. The first kappa shape index (κ1) is 9.34. The average Bonchev–Trinajstić information content (AvgIpc) is 2.63. The van der Waals surface area contributed by atoms with Crippen molar-refractivity contribution in [3.05, 3.63) is 52.8 Å². The molecular weight excluding hydrogens is 242 g/mol. The van der Waals surface area contributed by atoms with Crippen molar-refractivity contribution >= 4 is 15.9 Å². The number of hydrogen-bond acceptors (Lipinski definition) is 1. The second kappa shape index (κ2) is 4.33. The molecule has 1 aromatic carbocycles. The number of para-hydroxylation sites is 1. The molecule has 0 radical (unpaired) electrons. The Morgan fingerprint density at radius 1 is 1.07 bits per heavy atom. The van der Waals surface area contributed by atoms with Crippen molar-refractivity contribution in [2.24, 2.45) is 0 Å². The summed E-state index contributed by atoms with van der Waals surface area (Å²) in [5.74, 6) is 0.887. The van der Waals surface area contributed by atoms with E-state index in [4.69, 9.17) is 4.74 Å². The molecular formula is C11H10BrNO. The van der Waals surface area contributed by atoms with E-state index in [2.05, 4.69) is 20.9 Å². The monoisotopic (exact) mass is 251 g/mol. The Hall–Kier alpha value is -1.22. The standard InChI is InChI=1S/C11H10BrNO/c12-11-7-6-9(13-11)8-14-10-4-2-1-3-5-10/h1-7,13H,8H2. The molecule has 3 heteroatoms. The molecule has 72 valence electrons. The van der Waals surface area contributed by atoms with Gasteiger partial charge in [-0.05, 0) is 40.2 Å². The third-order valence-electron chi connectivity index (χ3n) is 1.85. The number of H-pyrrole nitrogens is 1. The van der Waals surface area contributed by atoms with Crippen molar-refractivity contribution in [3.63, 3.8) is 0 Å². The van der Waals surface area contributed by atoms with Crippen LogP contribution in [-0.4, -0.2) is 4.98 Å². The van der Waals surface area contributed by atoms with Gasteiger partial charge in [-0.3, -0.25) is 0 Å². The fourth-order valence-corrected chi connectivity index (χ4v) is 1.56. The van der Waals surface area contributed by atoms with Crippen LogP contribution in [0.1, 0.15) is 5.69 Å². The van der Waals surface area contributed by atoms with Crippen molar-refractivity contribution < 1.29 is 4.74 Å². The lowest BCUT2D eigenvalue weighted by molar-refractivity contribution is 0.302. The van der Waals surface area contributed by atoms with Crippen LogP contribution in [0.4, 0.5) is 0 Å². The van der Waals surface area contributed by atoms with Crippen LogP contribution >= 0.6 is 15.9 Å². The second-order valence-electron chi connectivity index (χ2n) is 2.93. The first-order valence-electron chi connectivity index (χ1n) is 4.36. The van der Waals surface area contributed by atoms with Crippen LogP contribution in [0.5, 0.6) is 5.75 Å². The topological polar surface area (TPSA) is 25.0 Å². The highest BCUT2D eigenvalue weighted by Crippen LogP contribution is 2.13. The van der Waals surface area contributed by atoms with Crippen molar-refractivity contribution in [1.82, 2.24) is 4.98 Å². The highest BCUT2D eigenvalue weighted by Gasteiger charge is 1.96. The SMILES string of the molecule is Brc1ccc(COc2ccccc2)[nH]1. The molecule has 0 aliphatic carbocycles. The van der Waals surface area contributed by atoms with Crippen LogP contribution in [-0.2, 0) is 6.61 Å². The quantitative estimate of drug-likeness (QED) is 0.890. The van der Waals surface area contributed by atoms with E-state index in [1.165, 1.54) is 0 Å². The zero-order chi connectivity index (χ0) is 9.80. The zero-order valence-corrected chi connectivity index (χ0v) is 9.12. The molecule has 0 fully saturated rings. The number of rotatable bonds is 3. The van der Waals surface area contributed by atoms with Crippen LogP contribution in [0.3, 0.4) is 0 Å². The number of hydrogen-bond donors (Lipinski definition) is 1. The van der Waals surface area contributed by atoms with Gasteiger partial charge >= 0.3 is 0 Å². The molecule has 0 saturated carbocycles. The van der Waals surface area contributed by atoms with E-state index in [-0.39, 0.29) is 0 Å². The van der Waals surface area contributed by atoms with E-state index in [1.54, 1.807) is 0 Å². The molecule has 0 saturated heterocycles. The van der Waals surface area contributed by atoms with Gasteiger partial charge in [0.15, 0.2) is 0 Å². The minimum absolute atomic E-state index is 0.565. The summed E-state index contributed by atoms with van der Waals surface area (Å²) in [6.45, 7) is 0.565. The smallest absolute Gasteiger partial charge is 0.128 e. The van der Waals surface area contributed by atoms with Crippen LogP contribution in [0.2, 0.25) is 0 Å². The molecule has 1 heterocycles. The van der Waals surface area contributed by atoms with Gasteiger partial charge in [-0.2, -0.15) is 0 Å². The van der Waals surface area contributed by atoms with E-state index in [1.807, 2.05) is 42.5 Å². The van der Waals surface area contributed by atoms with Crippen molar-refractivity contribution in [2.75, 3.05) is 0 Å². The summed E-state index contributed by atoms with van der Waals surface area (Å²) >= 11 is 3.35. The summed E-state index contributed by atoms with van der Waals surface area (Å²) in [7, 11) is 0. The minimum Gasteiger partial charge on any atom is -0.487 e. The van der Waals surface area contributed by atoms with Gasteiger partial charge in [0.2, 0.25) is 0 Å². The van der Waals surface area contributed by atoms with E-state index in [0.29, 0.717) is 6.61 Å². The average molecular weight is 252 g/mol. The maximum atomic E-state index is 5.55. The minimum atomic E-state index is 0.565. The number of ether oxygens (including phenoxy) is 1. The number of nitrogens with one attached hydrogen (secondary N) is 1. The summed E-state index contributed by atoms with van der Waals surface area (Å²) < 4.78 is 6.53. The molecule has 1 aromatic heterocycles. The van der Waals surface area contributed by atoms with Crippen molar-refractivity contribution in [2.45, 2.75) is 6.61 Å². The van der Waals surface area contributed by atoms with Gasteiger partial charge < -0.3 is 9.72 Å². The van der Waals surface area contributed by atoms with Gasteiger partial charge in [0, 0.05) is 0 Å². The molecule has 14 heavy (non-hydrogen) atoms. The van der Waals surface area contributed by atoms with E-state index >= 15 is 0 Å². The van der Waals surface area contributed by atoms with E-state index in [0.717, 1.165) is 16.0 Å². The molecule has 1 N–H and O–H groups in total. The summed E-state index contributed by atoms with van der Waals surface area (Å²) in [6.07, 6.45) is 0. The lowest BCUT2D eigenvalue weighted by atomic mass is 10.3. The fourth-order valence-electron chi connectivity index (χ4n) is 1.17. The molecule has 0 amide bonds. The zero-order valence-electron chi connectivity index (χ0n) is 7.53. The summed E-state index contributed by atoms with van der Waals surface area (Å²) in [5.41, 5.74) is 1.06. The van der Waals surface area contributed by atoms with Gasteiger partial charge in [-0.25, -0.2) is 0 Å². The van der Waals surface area contributed by atoms with Gasteiger partial charge in [-0.15, -0.1) is 0 Å². The molecule has 0 spiro atoms. The molecule has 0 aliphatic rings. The second-order valence-corrected chi connectivity index (χ2v) is 3.79. The highest BCUT2D eigenvalue weighted by molar-refractivity contribution is 9.10. The molecule has 2 rings (SSSR count). The van der Waals surface area contributed by atoms with Gasteiger partial charge in [0.1, 0.15) is 12.4 Å². The molecule has 0 bridgehead atoms. The highest BCUT2D eigenvalue weighted by atomic mass is 79.9. The van der Waals surface area contributed by atoms with Crippen LogP contribution in [0.15, 0.2) is 47.1 Å². The summed E-state index contributed by atoms with van der Waals surface area (Å²) in [4.78, 5) is 3.14. The predicted octanol–water partition coefficient (Wildman–Crippen LogP) is 3.36. The molecule has 2 nitrogen and oxygen atoms in total. The van der Waals surface area contributed by atoms with Crippen LogP contribution in [0, 0.1) is 0 Å². The van der Waals surface area contributed by atoms with Gasteiger partial charge in [0.25, 0.3) is 0 Å². The molecule has 0 atom stereocenters. The first-order chi connectivity index (χ1) is 6.84. The normalized spacial score (nSPS) is 10.1. The maximum absolute atomic E-state index is 5.55. The molecule has 2 aromatic rings. The van der Waals surface area contributed by atoms with Crippen LogP contribution in [0.25, 0.3) is 0 Å². The van der Waals surface area contributed by atoms with Crippen molar-refractivity contribution in [3.8, 4) is 5.75 Å². The lowest BCUT2D eigenvalue weighted by Gasteiger charge is -2.03. The molecule has 0 unspecified atom stereocenters. The van der Waals surface area contributed by atoms with E-state index in [9.17, 15) is 0 Å². The first-order valence-corrected chi connectivity index (χ1v) is 5.15. The van der Waals surface area contributed by atoms with Crippen molar-refractivity contribution in [1.29, 1.82) is 0 Å². The Balaban J connectivity index is 1.95. The largest absolute Gasteiger partial charge is 0.487 e. The number of benzene rings is 1. The Bertz CT molecular complexity index is 397. The fraction of sp³-hybridized carbons (Fsp3) is 0.0909. The third-order valence-corrected chi connectivity index (χ3v) is 2.31. The number of aromatic nitrogens is 1. The third kappa shape index (κ3) is 2.39. The predicted molar refractivity (Wildman–Crippen MR) is 59.3 cm³/mol. The summed E-state index contributed by atoms with van der Waals surface area (Å²) in [5, 5.41) is 0. The Morgan fingerprint density at radius 3 is 2.50 bits per heavy atom. The number of aromatic amines is 1. The van der Waals surface area contributed by atoms with Crippen LogP contribution < -0.4 is 4.74 Å². The van der Waals surface area contributed by atoms with E-state index < -0.39 is 0 Å².